The quantitative estimate of drug-likeness (QED) is 0.841. The van der Waals surface area contributed by atoms with E-state index < -0.39 is 6.04 Å². The predicted octanol–water partition coefficient (Wildman–Crippen LogP) is 3.32. The Morgan fingerprint density at radius 3 is 2.42 bits per heavy atom. The standard InChI is InChI=1S/C19H19ClN2O4/c1-12(23)21-15(13-5-3-2-4-6-13)11-19(24)22-16-10-18-17(9-14(16)20)25-7-8-26-18/h2-6,9-10,15H,7-8,11H2,1H3,(H,21,23)(H,22,24). The summed E-state index contributed by atoms with van der Waals surface area (Å²) in [6.45, 7) is 2.33. The van der Waals surface area contributed by atoms with Crippen LogP contribution in [0.2, 0.25) is 5.02 Å². The van der Waals surface area contributed by atoms with Gasteiger partial charge in [-0.1, -0.05) is 41.9 Å². The van der Waals surface area contributed by atoms with Crippen molar-refractivity contribution in [2.75, 3.05) is 18.5 Å². The van der Waals surface area contributed by atoms with Crippen LogP contribution in [-0.4, -0.2) is 25.0 Å². The molecule has 1 atom stereocenters. The third-order valence-electron chi connectivity index (χ3n) is 3.87. The van der Waals surface area contributed by atoms with Crippen LogP contribution in [0.15, 0.2) is 42.5 Å². The van der Waals surface area contributed by atoms with E-state index in [1.54, 1.807) is 12.1 Å². The number of hydrogen-bond donors (Lipinski definition) is 2. The highest BCUT2D eigenvalue weighted by Gasteiger charge is 2.20. The molecule has 1 heterocycles. The molecule has 2 amide bonds. The molecule has 0 aliphatic carbocycles. The smallest absolute Gasteiger partial charge is 0.226 e. The summed E-state index contributed by atoms with van der Waals surface area (Å²) in [5, 5.41) is 5.94. The van der Waals surface area contributed by atoms with Crippen molar-refractivity contribution in [3.63, 3.8) is 0 Å². The van der Waals surface area contributed by atoms with E-state index >= 15 is 0 Å². The molecule has 0 aromatic heterocycles. The van der Waals surface area contributed by atoms with Gasteiger partial charge in [0.15, 0.2) is 11.5 Å². The Hall–Kier alpha value is -2.73. The topological polar surface area (TPSA) is 76.7 Å². The molecule has 0 radical (unpaired) electrons. The maximum atomic E-state index is 12.5. The van der Waals surface area contributed by atoms with Crippen LogP contribution in [0.4, 0.5) is 5.69 Å². The van der Waals surface area contributed by atoms with E-state index in [0.29, 0.717) is 35.4 Å². The molecule has 6 nitrogen and oxygen atoms in total. The second-order valence-electron chi connectivity index (χ2n) is 5.89. The number of hydrogen-bond acceptors (Lipinski definition) is 4. The van der Waals surface area contributed by atoms with Gasteiger partial charge >= 0.3 is 0 Å². The molecule has 1 aliphatic rings. The number of nitrogens with one attached hydrogen (secondary N) is 2. The van der Waals surface area contributed by atoms with Crippen molar-refractivity contribution < 1.29 is 19.1 Å². The fourth-order valence-electron chi connectivity index (χ4n) is 2.73. The number of amides is 2. The van der Waals surface area contributed by atoms with Gasteiger partial charge in [0.2, 0.25) is 11.8 Å². The molecular formula is C19H19ClN2O4. The monoisotopic (exact) mass is 374 g/mol. The van der Waals surface area contributed by atoms with Crippen molar-refractivity contribution in [2.24, 2.45) is 0 Å². The van der Waals surface area contributed by atoms with Crippen LogP contribution < -0.4 is 20.1 Å². The Labute approximate surface area is 156 Å². The van der Waals surface area contributed by atoms with E-state index in [2.05, 4.69) is 10.6 Å². The first kappa shape index (κ1) is 18.1. The maximum absolute atomic E-state index is 12.5. The molecular weight excluding hydrogens is 356 g/mol. The zero-order valence-electron chi connectivity index (χ0n) is 14.3. The van der Waals surface area contributed by atoms with Gasteiger partial charge in [0.25, 0.3) is 0 Å². The Balaban J connectivity index is 1.73. The van der Waals surface area contributed by atoms with Gasteiger partial charge in [-0.15, -0.1) is 0 Å². The summed E-state index contributed by atoms with van der Waals surface area (Å²) in [5.74, 6) is 0.618. The number of rotatable bonds is 5. The molecule has 0 spiro atoms. The van der Waals surface area contributed by atoms with Crippen LogP contribution in [0.1, 0.15) is 24.9 Å². The summed E-state index contributed by atoms with van der Waals surface area (Å²) in [6.07, 6.45) is 0.0777. The Kier molecular flexibility index (Phi) is 5.63. The SMILES string of the molecule is CC(=O)NC(CC(=O)Nc1cc2c(cc1Cl)OCCO2)c1ccccc1. The Morgan fingerprint density at radius 2 is 1.77 bits per heavy atom. The van der Waals surface area contributed by atoms with E-state index in [9.17, 15) is 9.59 Å². The fourth-order valence-corrected chi connectivity index (χ4v) is 2.93. The highest BCUT2D eigenvalue weighted by molar-refractivity contribution is 6.34. The molecule has 0 saturated carbocycles. The zero-order chi connectivity index (χ0) is 18.5. The van der Waals surface area contributed by atoms with Gasteiger partial charge in [-0.2, -0.15) is 0 Å². The molecule has 2 N–H and O–H groups in total. The van der Waals surface area contributed by atoms with Crippen molar-refractivity contribution in [3.8, 4) is 11.5 Å². The lowest BCUT2D eigenvalue weighted by molar-refractivity contribution is -0.120. The van der Waals surface area contributed by atoms with Gasteiger partial charge < -0.3 is 20.1 Å². The van der Waals surface area contributed by atoms with E-state index in [1.165, 1.54) is 6.92 Å². The van der Waals surface area contributed by atoms with Gasteiger partial charge in [0.05, 0.1) is 23.2 Å². The van der Waals surface area contributed by atoms with Crippen molar-refractivity contribution in [1.82, 2.24) is 5.32 Å². The zero-order valence-corrected chi connectivity index (χ0v) is 15.0. The third kappa shape index (κ3) is 4.46. The number of anilines is 1. The summed E-state index contributed by atoms with van der Waals surface area (Å²) >= 11 is 6.22. The number of ether oxygens (including phenoxy) is 2. The van der Waals surface area contributed by atoms with Crippen LogP contribution >= 0.6 is 11.6 Å². The minimum Gasteiger partial charge on any atom is -0.486 e. The molecule has 3 rings (SSSR count). The minimum absolute atomic E-state index is 0.0777. The van der Waals surface area contributed by atoms with Gasteiger partial charge in [-0.3, -0.25) is 9.59 Å². The largest absolute Gasteiger partial charge is 0.486 e. The molecule has 0 fully saturated rings. The van der Waals surface area contributed by atoms with E-state index in [-0.39, 0.29) is 18.2 Å². The first-order valence-corrected chi connectivity index (χ1v) is 8.62. The number of carbonyl (C=O) groups is 2. The number of carbonyl (C=O) groups excluding carboxylic acids is 2. The number of halogens is 1. The molecule has 7 heteroatoms. The fraction of sp³-hybridized carbons (Fsp3) is 0.263. The van der Waals surface area contributed by atoms with Crippen LogP contribution in [0.3, 0.4) is 0 Å². The first-order chi connectivity index (χ1) is 12.5. The molecule has 1 aliphatic heterocycles. The summed E-state index contributed by atoms with van der Waals surface area (Å²) in [6, 6.07) is 12.2. The number of benzene rings is 2. The lowest BCUT2D eigenvalue weighted by Gasteiger charge is -2.21. The maximum Gasteiger partial charge on any atom is 0.226 e. The van der Waals surface area contributed by atoms with E-state index in [4.69, 9.17) is 21.1 Å². The highest BCUT2D eigenvalue weighted by atomic mass is 35.5. The van der Waals surface area contributed by atoms with Crippen molar-refractivity contribution in [2.45, 2.75) is 19.4 Å². The molecule has 1 unspecified atom stereocenters. The van der Waals surface area contributed by atoms with Crippen LogP contribution in [0.5, 0.6) is 11.5 Å². The van der Waals surface area contributed by atoms with Crippen molar-refractivity contribution in [3.05, 3.63) is 53.1 Å². The average molecular weight is 375 g/mol. The van der Waals surface area contributed by atoms with Gasteiger partial charge in [-0.25, -0.2) is 0 Å². The summed E-state index contributed by atoms with van der Waals surface area (Å²) < 4.78 is 11.0. The predicted molar refractivity (Wildman–Crippen MR) is 98.7 cm³/mol. The molecule has 0 bridgehead atoms. The van der Waals surface area contributed by atoms with Gasteiger partial charge in [0.1, 0.15) is 13.2 Å². The Morgan fingerprint density at radius 1 is 1.12 bits per heavy atom. The summed E-state index contributed by atoms with van der Waals surface area (Å²) in [4.78, 5) is 24.0. The van der Waals surface area contributed by atoms with E-state index in [0.717, 1.165) is 5.56 Å². The lowest BCUT2D eigenvalue weighted by atomic mass is 10.0. The lowest BCUT2D eigenvalue weighted by Crippen LogP contribution is -2.29. The van der Waals surface area contributed by atoms with Gasteiger partial charge in [-0.05, 0) is 5.56 Å². The molecule has 2 aromatic carbocycles. The molecule has 0 saturated heterocycles. The Bertz CT molecular complexity index is 811. The van der Waals surface area contributed by atoms with Crippen LogP contribution in [-0.2, 0) is 9.59 Å². The van der Waals surface area contributed by atoms with Gasteiger partial charge in [0, 0.05) is 19.1 Å². The second kappa shape index (κ2) is 8.10. The highest BCUT2D eigenvalue weighted by Crippen LogP contribution is 2.38. The van der Waals surface area contributed by atoms with Crippen LogP contribution in [0.25, 0.3) is 0 Å². The average Bonchev–Trinajstić information content (AvgIpc) is 2.62. The minimum atomic E-state index is -0.426. The first-order valence-electron chi connectivity index (χ1n) is 8.24. The normalized spacial score (nSPS) is 13.6. The van der Waals surface area contributed by atoms with Crippen LogP contribution in [0, 0.1) is 0 Å². The third-order valence-corrected chi connectivity index (χ3v) is 4.19. The van der Waals surface area contributed by atoms with E-state index in [1.807, 2.05) is 30.3 Å². The van der Waals surface area contributed by atoms with Crippen molar-refractivity contribution in [1.29, 1.82) is 0 Å². The summed E-state index contributed by atoms with van der Waals surface area (Å²) in [5.41, 5.74) is 1.29. The molecule has 26 heavy (non-hydrogen) atoms. The molecule has 2 aromatic rings. The summed E-state index contributed by atoms with van der Waals surface area (Å²) in [7, 11) is 0. The number of fused-ring (bicyclic) bond motifs is 1. The second-order valence-corrected chi connectivity index (χ2v) is 6.30. The molecule has 136 valence electrons. The van der Waals surface area contributed by atoms with Crippen molar-refractivity contribution >= 4 is 29.1 Å².